The summed E-state index contributed by atoms with van der Waals surface area (Å²) in [6, 6.07) is 7.31. The number of aliphatic carboxylic acids is 1. The summed E-state index contributed by atoms with van der Waals surface area (Å²) >= 11 is 0. The number of aromatic nitrogens is 1. The minimum atomic E-state index is -0.969. The smallest absolute Gasteiger partial charge is 0.325 e. The summed E-state index contributed by atoms with van der Waals surface area (Å²) in [5.41, 5.74) is 2.51. The Labute approximate surface area is 232 Å². The van der Waals surface area contributed by atoms with Crippen molar-refractivity contribution in [2.75, 3.05) is 39.1 Å². The zero-order valence-electron chi connectivity index (χ0n) is 24.0. The number of methoxy groups -OCH3 is 1. The predicted molar refractivity (Wildman–Crippen MR) is 153 cm³/mol. The van der Waals surface area contributed by atoms with Crippen molar-refractivity contribution in [3.05, 3.63) is 53.0 Å². The number of halogens is 1. The van der Waals surface area contributed by atoms with Gasteiger partial charge in [-0.1, -0.05) is 39.2 Å². The number of ether oxygens (including phenoxy) is 1. The van der Waals surface area contributed by atoms with Gasteiger partial charge in [0.1, 0.15) is 11.9 Å². The van der Waals surface area contributed by atoms with E-state index in [0.29, 0.717) is 24.7 Å². The summed E-state index contributed by atoms with van der Waals surface area (Å²) in [4.78, 5) is 21.2. The third-order valence-electron chi connectivity index (χ3n) is 8.48. The zero-order chi connectivity index (χ0) is 27.9. The number of rotatable bonds is 13. The van der Waals surface area contributed by atoms with E-state index in [9.17, 15) is 14.3 Å². The molecule has 1 unspecified atom stereocenters. The summed E-state index contributed by atoms with van der Waals surface area (Å²) in [5.74, 6) is -0.291. The Morgan fingerprint density at radius 3 is 2.79 bits per heavy atom. The molecule has 0 amide bonds. The van der Waals surface area contributed by atoms with Gasteiger partial charge in [-0.15, -0.1) is 0 Å². The number of unbranched alkanes of at least 4 members (excludes halogenated alkanes) is 3. The number of likely N-dealkylation sites (tertiary alicyclic amines) is 1. The second-order valence-electron chi connectivity index (χ2n) is 11.5. The van der Waals surface area contributed by atoms with Gasteiger partial charge < -0.3 is 20.1 Å². The molecule has 0 bridgehead atoms. The Bertz CT molecular complexity index is 1110. The number of fused-ring (bicyclic) bond motifs is 1. The van der Waals surface area contributed by atoms with Gasteiger partial charge in [0.25, 0.3) is 0 Å². The van der Waals surface area contributed by atoms with Crippen LogP contribution < -0.4 is 10.1 Å². The average molecular weight is 541 g/mol. The van der Waals surface area contributed by atoms with E-state index in [1.807, 2.05) is 31.0 Å². The number of carboxylic acids is 1. The molecule has 2 aromatic rings. The van der Waals surface area contributed by atoms with Crippen LogP contribution in [0.25, 0.3) is 0 Å². The van der Waals surface area contributed by atoms with Crippen molar-refractivity contribution < 1.29 is 19.0 Å². The highest BCUT2D eigenvalue weighted by atomic mass is 19.1. The van der Waals surface area contributed by atoms with E-state index in [4.69, 9.17) is 4.74 Å². The Hall–Kier alpha value is -2.71. The van der Waals surface area contributed by atoms with Gasteiger partial charge in [-0.2, -0.15) is 0 Å². The first-order chi connectivity index (χ1) is 18.8. The van der Waals surface area contributed by atoms with Crippen LogP contribution in [0.4, 0.5) is 10.2 Å². The first kappa shape index (κ1) is 29.3. The third kappa shape index (κ3) is 7.28. The number of pyridine rings is 1. The predicted octanol–water partition coefficient (Wildman–Crippen LogP) is 5.86. The maximum atomic E-state index is 14.8. The molecule has 1 saturated heterocycles. The number of likely N-dealkylation sites (N-methyl/N-ethyl adjacent to an activating group) is 1. The SMILES string of the molecule is COc1c(F)cc(C(C)C)cc1C(C(=O)O)N1CC[C@@H](N(C)CCCCCC[C@@H]2CCc3cccnc3N2)C1. The van der Waals surface area contributed by atoms with Crippen LogP contribution in [-0.2, 0) is 11.2 Å². The number of hydrogen-bond acceptors (Lipinski definition) is 6. The average Bonchev–Trinajstić information content (AvgIpc) is 3.40. The normalized spacial score (nSPS) is 20.2. The standard InChI is InChI=1S/C31H45FN4O3/c1-21(2)23-18-26(29(39-4)27(32)19-23)28(31(37)38)36-17-14-25(20-36)35(3)16-8-6-5-7-11-24-13-12-22-10-9-15-33-30(22)34-24/h9-10,15,18-19,21,24-25,28H,5-8,11-14,16-17,20H2,1-4H3,(H,33,34)(H,37,38)/t24-,25-,28?/m1/s1. The van der Waals surface area contributed by atoms with E-state index in [1.54, 1.807) is 6.07 Å². The van der Waals surface area contributed by atoms with E-state index in [2.05, 4.69) is 28.3 Å². The number of nitrogens with zero attached hydrogens (tertiary/aromatic N) is 3. The van der Waals surface area contributed by atoms with Crippen LogP contribution in [0.2, 0.25) is 0 Å². The molecule has 39 heavy (non-hydrogen) atoms. The maximum absolute atomic E-state index is 14.8. The first-order valence-electron chi connectivity index (χ1n) is 14.5. The number of carbonyl (C=O) groups is 1. The molecule has 0 spiro atoms. The van der Waals surface area contributed by atoms with Gasteiger partial charge in [-0.25, -0.2) is 9.37 Å². The van der Waals surface area contributed by atoms with E-state index >= 15 is 0 Å². The van der Waals surface area contributed by atoms with Crippen molar-refractivity contribution >= 4 is 11.8 Å². The van der Waals surface area contributed by atoms with E-state index in [-0.39, 0.29) is 17.7 Å². The molecule has 1 fully saturated rings. The van der Waals surface area contributed by atoms with Crippen LogP contribution >= 0.6 is 0 Å². The molecular formula is C31H45FN4O3. The molecule has 3 heterocycles. The molecule has 214 valence electrons. The summed E-state index contributed by atoms with van der Waals surface area (Å²) in [6.07, 6.45) is 11.0. The number of benzene rings is 1. The van der Waals surface area contributed by atoms with E-state index in [0.717, 1.165) is 37.2 Å². The lowest BCUT2D eigenvalue weighted by molar-refractivity contribution is -0.143. The molecule has 2 aliphatic rings. The van der Waals surface area contributed by atoms with E-state index in [1.165, 1.54) is 50.8 Å². The topological polar surface area (TPSA) is 77.9 Å². The van der Waals surface area contributed by atoms with Crippen molar-refractivity contribution in [2.45, 2.75) is 89.3 Å². The van der Waals surface area contributed by atoms with Crippen LogP contribution in [0.3, 0.4) is 0 Å². The highest BCUT2D eigenvalue weighted by molar-refractivity contribution is 5.77. The number of aryl methyl sites for hydroxylation is 1. The quantitative estimate of drug-likeness (QED) is 0.308. The molecular weight excluding hydrogens is 495 g/mol. The van der Waals surface area contributed by atoms with Crippen molar-refractivity contribution in [3.8, 4) is 5.75 Å². The molecule has 4 rings (SSSR count). The Morgan fingerprint density at radius 1 is 1.26 bits per heavy atom. The summed E-state index contributed by atoms with van der Waals surface area (Å²) in [6.45, 7) is 6.26. The van der Waals surface area contributed by atoms with Crippen LogP contribution in [0.15, 0.2) is 30.5 Å². The van der Waals surface area contributed by atoms with Crippen molar-refractivity contribution in [1.82, 2.24) is 14.8 Å². The van der Waals surface area contributed by atoms with Gasteiger partial charge in [-0.3, -0.25) is 9.69 Å². The summed E-state index contributed by atoms with van der Waals surface area (Å²) < 4.78 is 20.2. The Morgan fingerprint density at radius 2 is 2.05 bits per heavy atom. The van der Waals surface area contributed by atoms with Crippen LogP contribution in [0.1, 0.15) is 87.4 Å². The molecule has 0 aliphatic carbocycles. The largest absolute Gasteiger partial charge is 0.493 e. The minimum absolute atomic E-state index is 0.0347. The minimum Gasteiger partial charge on any atom is -0.493 e. The number of nitrogens with one attached hydrogen (secondary N) is 1. The second-order valence-corrected chi connectivity index (χ2v) is 11.5. The fraction of sp³-hybridized carbons (Fsp3) is 0.613. The van der Waals surface area contributed by atoms with Crippen molar-refractivity contribution in [3.63, 3.8) is 0 Å². The van der Waals surface area contributed by atoms with Crippen molar-refractivity contribution in [1.29, 1.82) is 0 Å². The second kappa shape index (κ2) is 13.6. The van der Waals surface area contributed by atoms with Gasteiger partial charge >= 0.3 is 5.97 Å². The first-order valence-corrected chi connectivity index (χ1v) is 14.5. The summed E-state index contributed by atoms with van der Waals surface area (Å²) in [5, 5.41) is 13.8. The van der Waals surface area contributed by atoms with Gasteiger partial charge in [0.05, 0.1) is 7.11 Å². The van der Waals surface area contributed by atoms with Crippen LogP contribution in [0.5, 0.6) is 5.75 Å². The fourth-order valence-corrected chi connectivity index (χ4v) is 6.11. The zero-order valence-corrected chi connectivity index (χ0v) is 24.0. The highest BCUT2D eigenvalue weighted by Crippen LogP contribution is 2.37. The molecule has 0 radical (unpaired) electrons. The Kier molecular flexibility index (Phi) is 10.2. The van der Waals surface area contributed by atoms with Gasteiger partial charge in [0.15, 0.2) is 11.6 Å². The van der Waals surface area contributed by atoms with E-state index < -0.39 is 17.8 Å². The molecule has 1 aromatic heterocycles. The van der Waals surface area contributed by atoms with Crippen LogP contribution in [-0.4, -0.2) is 71.7 Å². The molecule has 8 heteroatoms. The van der Waals surface area contributed by atoms with Crippen molar-refractivity contribution in [2.24, 2.45) is 0 Å². The highest BCUT2D eigenvalue weighted by Gasteiger charge is 2.37. The third-order valence-corrected chi connectivity index (χ3v) is 8.48. The summed E-state index contributed by atoms with van der Waals surface area (Å²) in [7, 11) is 3.54. The molecule has 0 saturated carbocycles. The number of carboxylic acid groups (broad SMARTS) is 1. The lowest BCUT2D eigenvalue weighted by atomic mass is 9.95. The number of hydrogen-bond donors (Lipinski definition) is 2. The monoisotopic (exact) mass is 540 g/mol. The molecule has 1 aromatic carbocycles. The lowest BCUT2D eigenvalue weighted by Crippen LogP contribution is -2.38. The van der Waals surface area contributed by atoms with Gasteiger partial charge in [0, 0.05) is 36.9 Å². The lowest BCUT2D eigenvalue weighted by Gasteiger charge is -2.29. The molecule has 2 N–H and O–H groups in total. The molecule has 7 nitrogen and oxygen atoms in total. The fourth-order valence-electron chi connectivity index (χ4n) is 6.11. The Balaban J connectivity index is 1.23. The molecule has 2 aliphatic heterocycles. The number of anilines is 1. The van der Waals surface area contributed by atoms with Gasteiger partial charge in [0.2, 0.25) is 0 Å². The molecule has 3 atom stereocenters. The maximum Gasteiger partial charge on any atom is 0.325 e. The van der Waals surface area contributed by atoms with Crippen LogP contribution in [0, 0.1) is 5.82 Å². The van der Waals surface area contributed by atoms with Gasteiger partial charge in [-0.05, 0) is 80.9 Å².